The van der Waals surface area contributed by atoms with E-state index in [1.165, 1.54) is 65.5 Å². The summed E-state index contributed by atoms with van der Waals surface area (Å²) in [6, 6.07) is 6.67. The van der Waals surface area contributed by atoms with Crippen LogP contribution in [-0.4, -0.2) is 14.2 Å². The second-order valence-electron chi connectivity index (χ2n) is 7.10. The van der Waals surface area contributed by atoms with Crippen molar-refractivity contribution in [3.63, 3.8) is 0 Å². The average Bonchev–Trinajstić information content (AvgIpc) is 2.66. The predicted octanol–water partition coefficient (Wildman–Crippen LogP) is 5.89. The van der Waals surface area contributed by atoms with E-state index in [0.29, 0.717) is 0 Å². The van der Waals surface area contributed by atoms with Crippen molar-refractivity contribution in [2.75, 3.05) is 14.2 Å². The number of methoxy groups -OCH3 is 2. The number of aryl methyl sites for hydroxylation is 2. The van der Waals surface area contributed by atoms with Gasteiger partial charge in [-0.3, -0.25) is 0 Å². The summed E-state index contributed by atoms with van der Waals surface area (Å²) in [5, 5.41) is 0. The third-order valence-corrected chi connectivity index (χ3v) is 6.31. The number of hydrogen-bond donors (Lipinski definition) is 0. The van der Waals surface area contributed by atoms with Crippen molar-refractivity contribution in [3.05, 3.63) is 44.9 Å². The standard InChI is InChI=1S/C22H25BrO2/c1-24-19-12-11-14-7-3-5-9-16(14)20(19)21-17-10-6-4-8-15(17)13-18(23)22(21)25-2/h11-13H,3-10H2,1-2H3. The number of rotatable bonds is 3. The lowest BCUT2D eigenvalue weighted by molar-refractivity contribution is 0.407. The van der Waals surface area contributed by atoms with Crippen LogP contribution >= 0.6 is 15.9 Å². The van der Waals surface area contributed by atoms with Crippen LogP contribution in [0.5, 0.6) is 11.5 Å². The monoisotopic (exact) mass is 400 g/mol. The summed E-state index contributed by atoms with van der Waals surface area (Å²) in [5.74, 6) is 1.93. The van der Waals surface area contributed by atoms with Gasteiger partial charge < -0.3 is 9.47 Å². The van der Waals surface area contributed by atoms with E-state index in [9.17, 15) is 0 Å². The summed E-state index contributed by atoms with van der Waals surface area (Å²) in [6.07, 6.45) is 9.65. The minimum atomic E-state index is 0.956. The molecule has 0 unspecified atom stereocenters. The van der Waals surface area contributed by atoms with E-state index in [1.54, 1.807) is 14.2 Å². The Morgan fingerprint density at radius 1 is 0.760 bits per heavy atom. The number of hydrogen-bond acceptors (Lipinski definition) is 2. The Morgan fingerprint density at radius 3 is 2.08 bits per heavy atom. The lowest BCUT2D eigenvalue weighted by atomic mass is 9.80. The molecule has 0 fully saturated rings. The zero-order valence-corrected chi connectivity index (χ0v) is 16.7. The van der Waals surface area contributed by atoms with E-state index >= 15 is 0 Å². The summed E-state index contributed by atoms with van der Waals surface area (Å²) in [6.45, 7) is 0. The van der Waals surface area contributed by atoms with Gasteiger partial charge in [0.25, 0.3) is 0 Å². The van der Waals surface area contributed by atoms with Gasteiger partial charge in [-0.15, -0.1) is 0 Å². The fraction of sp³-hybridized carbons (Fsp3) is 0.455. The maximum Gasteiger partial charge on any atom is 0.141 e. The van der Waals surface area contributed by atoms with Gasteiger partial charge >= 0.3 is 0 Å². The fourth-order valence-electron chi connectivity index (χ4n) is 4.56. The Labute approximate surface area is 158 Å². The summed E-state index contributed by atoms with van der Waals surface area (Å²) in [5.41, 5.74) is 8.41. The molecular formula is C22H25BrO2. The number of ether oxygens (including phenoxy) is 2. The molecule has 3 heteroatoms. The van der Waals surface area contributed by atoms with E-state index in [-0.39, 0.29) is 0 Å². The highest BCUT2D eigenvalue weighted by Crippen LogP contribution is 2.49. The minimum absolute atomic E-state index is 0.956. The van der Waals surface area contributed by atoms with Crippen LogP contribution in [-0.2, 0) is 25.7 Å². The Morgan fingerprint density at radius 2 is 1.40 bits per heavy atom. The van der Waals surface area contributed by atoms with E-state index < -0.39 is 0 Å². The molecule has 2 aromatic carbocycles. The summed E-state index contributed by atoms with van der Waals surface area (Å²) < 4.78 is 12.8. The average molecular weight is 401 g/mol. The van der Waals surface area contributed by atoms with Gasteiger partial charge in [-0.1, -0.05) is 6.07 Å². The highest BCUT2D eigenvalue weighted by Gasteiger charge is 2.27. The van der Waals surface area contributed by atoms with Crippen molar-refractivity contribution in [2.45, 2.75) is 51.4 Å². The second-order valence-corrected chi connectivity index (χ2v) is 7.95. The molecule has 0 heterocycles. The first-order valence-corrected chi connectivity index (χ1v) is 10.1. The molecule has 2 aliphatic rings. The largest absolute Gasteiger partial charge is 0.496 e. The van der Waals surface area contributed by atoms with Crippen LogP contribution in [0.25, 0.3) is 11.1 Å². The second kappa shape index (κ2) is 7.03. The molecule has 132 valence electrons. The van der Waals surface area contributed by atoms with E-state index in [4.69, 9.17) is 9.47 Å². The zero-order chi connectivity index (χ0) is 17.4. The number of fused-ring (bicyclic) bond motifs is 2. The van der Waals surface area contributed by atoms with Gasteiger partial charge in [-0.25, -0.2) is 0 Å². The topological polar surface area (TPSA) is 18.5 Å². The first-order valence-electron chi connectivity index (χ1n) is 9.32. The fourth-order valence-corrected chi connectivity index (χ4v) is 5.20. The lowest BCUT2D eigenvalue weighted by Gasteiger charge is -2.28. The van der Waals surface area contributed by atoms with Gasteiger partial charge in [0.05, 0.1) is 18.7 Å². The van der Waals surface area contributed by atoms with Crippen LogP contribution in [0.15, 0.2) is 22.7 Å². The Kier molecular flexibility index (Phi) is 4.77. The van der Waals surface area contributed by atoms with Crippen molar-refractivity contribution in [1.29, 1.82) is 0 Å². The van der Waals surface area contributed by atoms with Crippen LogP contribution < -0.4 is 9.47 Å². The van der Waals surface area contributed by atoms with Crippen LogP contribution in [0.3, 0.4) is 0 Å². The van der Waals surface area contributed by atoms with Crippen LogP contribution in [0.2, 0.25) is 0 Å². The third kappa shape index (κ3) is 2.87. The molecule has 0 saturated carbocycles. The summed E-state index contributed by atoms with van der Waals surface area (Å²) in [7, 11) is 3.56. The molecule has 0 atom stereocenters. The molecule has 2 aromatic rings. The molecule has 2 aliphatic carbocycles. The molecule has 4 rings (SSSR count). The molecule has 0 bridgehead atoms. The van der Waals surface area contributed by atoms with E-state index in [1.807, 2.05) is 0 Å². The van der Waals surface area contributed by atoms with Gasteiger partial charge in [0, 0.05) is 11.1 Å². The first kappa shape index (κ1) is 17.0. The van der Waals surface area contributed by atoms with Crippen LogP contribution in [0.1, 0.15) is 47.9 Å². The zero-order valence-electron chi connectivity index (χ0n) is 15.1. The normalized spacial score (nSPS) is 16.1. The van der Waals surface area contributed by atoms with Crippen molar-refractivity contribution >= 4 is 15.9 Å². The lowest BCUT2D eigenvalue weighted by Crippen LogP contribution is -2.11. The highest BCUT2D eigenvalue weighted by atomic mass is 79.9. The van der Waals surface area contributed by atoms with Gasteiger partial charge in [0.1, 0.15) is 11.5 Å². The molecule has 25 heavy (non-hydrogen) atoms. The third-order valence-electron chi connectivity index (χ3n) is 5.73. The Bertz CT molecular complexity index is 810. The Hall–Kier alpha value is -1.48. The van der Waals surface area contributed by atoms with Gasteiger partial charge in [0.2, 0.25) is 0 Å². The first-order chi connectivity index (χ1) is 12.2. The molecule has 0 aromatic heterocycles. The summed E-state index contributed by atoms with van der Waals surface area (Å²) >= 11 is 3.76. The smallest absolute Gasteiger partial charge is 0.141 e. The van der Waals surface area contributed by atoms with Crippen molar-refractivity contribution in [1.82, 2.24) is 0 Å². The maximum atomic E-state index is 5.88. The molecular weight excluding hydrogens is 376 g/mol. The maximum absolute atomic E-state index is 5.88. The minimum Gasteiger partial charge on any atom is -0.496 e. The molecule has 2 nitrogen and oxygen atoms in total. The molecule has 0 saturated heterocycles. The van der Waals surface area contributed by atoms with Crippen molar-refractivity contribution in [3.8, 4) is 22.6 Å². The van der Waals surface area contributed by atoms with Crippen molar-refractivity contribution < 1.29 is 9.47 Å². The molecule has 0 amide bonds. The van der Waals surface area contributed by atoms with Crippen LogP contribution in [0, 0.1) is 0 Å². The van der Waals surface area contributed by atoms with E-state index in [0.717, 1.165) is 35.2 Å². The molecule has 0 spiro atoms. The predicted molar refractivity (Wildman–Crippen MR) is 106 cm³/mol. The highest BCUT2D eigenvalue weighted by molar-refractivity contribution is 9.10. The van der Waals surface area contributed by atoms with Crippen molar-refractivity contribution in [2.24, 2.45) is 0 Å². The Balaban J connectivity index is 2.06. The quantitative estimate of drug-likeness (QED) is 0.639. The molecule has 0 aliphatic heterocycles. The summed E-state index contributed by atoms with van der Waals surface area (Å²) in [4.78, 5) is 0. The van der Waals surface area contributed by atoms with Crippen LogP contribution in [0.4, 0.5) is 0 Å². The SMILES string of the molecule is COc1ccc2c(c1-c1c3c(cc(Br)c1OC)CCCC3)CCCC2. The number of halogens is 1. The van der Waals surface area contributed by atoms with E-state index in [2.05, 4.69) is 34.1 Å². The molecule has 0 N–H and O–H groups in total. The molecule has 0 radical (unpaired) electrons. The van der Waals surface area contributed by atoms with Gasteiger partial charge in [-0.2, -0.15) is 0 Å². The number of benzene rings is 2. The van der Waals surface area contributed by atoms with Gasteiger partial charge in [0.15, 0.2) is 0 Å². The van der Waals surface area contributed by atoms with Gasteiger partial charge in [-0.05, 0) is 102 Å².